The number of anilines is 1. The Labute approximate surface area is 263 Å². The molecule has 4 aromatic carbocycles. The predicted octanol–water partition coefficient (Wildman–Crippen LogP) is 7.16. The van der Waals surface area contributed by atoms with Gasteiger partial charge in [0.15, 0.2) is 11.0 Å². The second-order valence-electron chi connectivity index (χ2n) is 9.74. The van der Waals surface area contributed by atoms with Crippen molar-refractivity contribution in [2.75, 3.05) is 5.32 Å². The molecular formula is C33H31BrN6O2S. The molecule has 0 saturated heterocycles. The number of carbonyl (C=O) groups is 1. The highest BCUT2D eigenvalue weighted by Crippen LogP contribution is 2.26. The first kappa shape index (κ1) is 30.1. The van der Waals surface area contributed by atoms with E-state index < -0.39 is 5.25 Å². The van der Waals surface area contributed by atoms with Crippen molar-refractivity contribution >= 4 is 45.5 Å². The van der Waals surface area contributed by atoms with Crippen LogP contribution in [0.25, 0.3) is 5.69 Å². The van der Waals surface area contributed by atoms with Crippen LogP contribution >= 0.6 is 27.7 Å². The van der Waals surface area contributed by atoms with Gasteiger partial charge in [0, 0.05) is 21.4 Å². The van der Waals surface area contributed by atoms with Crippen molar-refractivity contribution in [3.05, 3.63) is 130 Å². The van der Waals surface area contributed by atoms with Crippen LogP contribution in [0.3, 0.4) is 0 Å². The highest BCUT2D eigenvalue weighted by molar-refractivity contribution is 9.10. The lowest BCUT2D eigenvalue weighted by molar-refractivity contribution is -0.120. The largest absolute Gasteiger partial charge is 0.488 e. The fraction of sp³-hybridized carbons (Fsp3) is 0.152. The summed E-state index contributed by atoms with van der Waals surface area (Å²) in [6.45, 7) is 4.76. The number of hydrogen-bond acceptors (Lipinski definition) is 7. The summed E-state index contributed by atoms with van der Waals surface area (Å²) in [6.07, 6.45) is 1.59. The minimum atomic E-state index is -0.482. The summed E-state index contributed by atoms with van der Waals surface area (Å²) in [7, 11) is 0. The van der Waals surface area contributed by atoms with Crippen molar-refractivity contribution < 1.29 is 9.53 Å². The van der Waals surface area contributed by atoms with Crippen LogP contribution in [0.4, 0.5) is 5.69 Å². The number of rotatable bonds is 12. The first-order valence-corrected chi connectivity index (χ1v) is 15.4. The lowest BCUT2D eigenvalue weighted by Gasteiger charge is -2.13. The molecule has 1 atom stereocenters. The Morgan fingerprint density at radius 2 is 1.77 bits per heavy atom. The van der Waals surface area contributed by atoms with Crippen LogP contribution in [0.1, 0.15) is 29.4 Å². The third kappa shape index (κ3) is 8.33. The van der Waals surface area contributed by atoms with Gasteiger partial charge < -0.3 is 10.1 Å². The van der Waals surface area contributed by atoms with Crippen LogP contribution < -0.4 is 15.5 Å². The monoisotopic (exact) mass is 654 g/mol. The maximum atomic E-state index is 13.0. The molecule has 1 aromatic heterocycles. The molecule has 0 radical (unpaired) electrons. The summed E-state index contributed by atoms with van der Waals surface area (Å²) in [5.74, 6) is 1.15. The van der Waals surface area contributed by atoms with Gasteiger partial charge in [0.1, 0.15) is 12.4 Å². The van der Waals surface area contributed by atoms with Crippen LogP contribution in [0.15, 0.2) is 118 Å². The Kier molecular flexibility index (Phi) is 10.2. The third-order valence-corrected chi connectivity index (χ3v) is 7.99. The first-order valence-electron chi connectivity index (χ1n) is 13.7. The van der Waals surface area contributed by atoms with Gasteiger partial charge in [-0.25, -0.2) is 5.43 Å². The second-order valence-corrected chi connectivity index (χ2v) is 12.0. The normalized spacial score (nSPS) is 11.8. The Hall–Kier alpha value is -4.41. The number of ether oxygens (including phenoxy) is 1. The molecule has 2 N–H and O–H groups in total. The minimum absolute atomic E-state index is 0.254. The number of hydrazone groups is 1. The molecule has 1 heterocycles. The van der Waals surface area contributed by atoms with E-state index in [-0.39, 0.29) is 5.91 Å². The number of carbonyl (C=O) groups excluding carboxylic acids is 1. The van der Waals surface area contributed by atoms with E-state index in [1.54, 1.807) is 6.21 Å². The zero-order valence-corrected chi connectivity index (χ0v) is 26.2. The Bertz CT molecular complexity index is 1690. The number of benzene rings is 4. The molecule has 0 aliphatic carbocycles. The molecule has 43 heavy (non-hydrogen) atoms. The maximum absolute atomic E-state index is 13.0. The van der Waals surface area contributed by atoms with Crippen molar-refractivity contribution in [3.8, 4) is 11.4 Å². The van der Waals surface area contributed by atoms with Gasteiger partial charge in [0.05, 0.1) is 18.0 Å². The number of aryl methyl sites for hydroxylation is 1. The molecule has 1 amide bonds. The third-order valence-electron chi connectivity index (χ3n) is 6.45. The average Bonchev–Trinajstić information content (AvgIpc) is 3.42. The second kappa shape index (κ2) is 14.7. The van der Waals surface area contributed by atoms with Gasteiger partial charge in [-0.15, -0.1) is 10.2 Å². The summed E-state index contributed by atoms with van der Waals surface area (Å²) < 4.78 is 8.99. The van der Waals surface area contributed by atoms with Crippen molar-refractivity contribution in [1.82, 2.24) is 20.2 Å². The fourth-order valence-corrected chi connectivity index (χ4v) is 5.48. The SMILES string of the molecule is Cc1ccc(NCc2nnc(S[C@@H](C)C(=O)N/N=C\c3ccccc3OCc3cccc(Br)c3)n2-c2ccccc2)cc1. The van der Waals surface area contributed by atoms with E-state index in [0.29, 0.717) is 24.1 Å². The average molecular weight is 656 g/mol. The van der Waals surface area contributed by atoms with Crippen molar-refractivity contribution in [2.45, 2.75) is 37.4 Å². The standard InChI is InChI=1S/C33H31BrN6O2S/c1-23-15-17-28(18-16-23)35-21-31-37-39-33(40(31)29-12-4-3-5-13-29)43-24(2)32(41)38-36-20-26-10-6-7-14-30(26)42-22-25-9-8-11-27(34)19-25/h3-20,24,35H,21-22H2,1-2H3,(H,38,41)/b36-20-/t24-/m0/s1. The smallest absolute Gasteiger partial charge is 0.253 e. The lowest BCUT2D eigenvalue weighted by Crippen LogP contribution is -2.27. The molecule has 5 rings (SSSR count). The number of halogens is 1. The van der Waals surface area contributed by atoms with Crippen LogP contribution in [-0.4, -0.2) is 32.1 Å². The zero-order valence-electron chi connectivity index (χ0n) is 23.8. The van der Waals surface area contributed by atoms with Gasteiger partial charge in [-0.1, -0.05) is 87.9 Å². The quantitative estimate of drug-likeness (QED) is 0.0842. The van der Waals surface area contributed by atoms with Crippen LogP contribution in [0, 0.1) is 6.92 Å². The van der Waals surface area contributed by atoms with E-state index >= 15 is 0 Å². The molecule has 5 aromatic rings. The predicted molar refractivity (Wildman–Crippen MR) is 176 cm³/mol. The van der Waals surface area contributed by atoms with E-state index in [2.05, 4.69) is 61.0 Å². The van der Waals surface area contributed by atoms with E-state index in [1.807, 2.05) is 102 Å². The first-order chi connectivity index (χ1) is 21.0. The van der Waals surface area contributed by atoms with Crippen LogP contribution in [-0.2, 0) is 17.9 Å². The number of nitrogens with zero attached hydrogens (tertiary/aromatic N) is 4. The van der Waals surface area contributed by atoms with E-state index in [4.69, 9.17) is 4.74 Å². The summed E-state index contributed by atoms with van der Waals surface area (Å²) in [5, 5.41) is 16.6. The Morgan fingerprint density at radius 1 is 1.00 bits per heavy atom. The van der Waals surface area contributed by atoms with Gasteiger partial charge in [0.2, 0.25) is 0 Å². The number of nitrogens with one attached hydrogen (secondary N) is 2. The summed E-state index contributed by atoms with van der Waals surface area (Å²) in [5.41, 5.74) is 7.56. The Morgan fingerprint density at radius 3 is 2.56 bits per heavy atom. The van der Waals surface area contributed by atoms with E-state index in [0.717, 1.165) is 32.8 Å². The number of hydrogen-bond donors (Lipinski definition) is 2. The fourth-order valence-electron chi connectivity index (χ4n) is 4.15. The van der Waals surface area contributed by atoms with Gasteiger partial charge in [-0.3, -0.25) is 9.36 Å². The number of para-hydroxylation sites is 2. The topological polar surface area (TPSA) is 93.4 Å². The van der Waals surface area contributed by atoms with E-state index in [9.17, 15) is 4.79 Å². The number of aromatic nitrogens is 3. The molecular weight excluding hydrogens is 624 g/mol. The molecule has 0 saturated carbocycles. The number of amides is 1. The summed E-state index contributed by atoms with van der Waals surface area (Å²) >= 11 is 4.81. The Balaban J connectivity index is 1.23. The van der Waals surface area contributed by atoms with Gasteiger partial charge >= 0.3 is 0 Å². The molecule has 0 fully saturated rings. The van der Waals surface area contributed by atoms with Gasteiger partial charge in [0.25, 0.3) is 5.91 Å². The van der Waals surface area contributed by atoms with Crippen molar-refractivity contribution in [1.29, 1.82) is 0 Å². The number of thioether (sulfide) groups is 1. The summed E-state index contributed by atoms with van der Waals surface area (Å²) in [4.78, 5) is 13.0. The molecule has 0 aliphatic rings. The highest BCUT2D eigenvalue weighted by atomic mass is 79.9. The molecule has 0 unspecified atom stereocenters. The van der Waals surface area contributed by atoms with Gasteiger partial charge in [-0.05, 0) is 67.9 Å². The molecule has 0 spiro atoms. The molecule has 10 heteroatoms. The minimum Gasteiger partial charge on any atom is -0.488 e. The van der Waals surface area contributed by atoms with E-state index in [1.165, 1.54) is 17.3 Å². The van der Waals surface area contributed by atoms with Crippen LogP contribution in [0.5, 0.6) is 5.75 Å². The zero-order chi connectivity index (χ0) is 30.0. The molecule has 8 nitrogen and oxygen atoms in total. The van der Waals surface area contributed by atoms with Crippen LogP contribution in [0.2, 0.25) is 0 Å². The summed E-state index contributed by atoms with van der Waals surface area (Å²) in [6, 6.07) is 33.6. The van der Waals surface area contributed by atoms with Gasteiger partial charge in [-0.2, -0.15) is 5.10 Å². The lowest BCUT2D eigenvalue weighted by atomic mass is 10.2. The molecule has 218 valence electrons. The van der Waals surface area contributed by atoms with Crippen molar-refractivity contribution in [3.63, 3.8) is 0 Å². The van der Waals surface area contributed by atoms with Crippen molar-refractivity contribution in [2.24, 2.45) is 5.10 Å². The molecule has 0 bridgehead atoms. The maximum Gasteiger partial charge on any atom is 0.253 e. The molecule has 0 aliphatic heterocycles. The highest BCUT2D eigenvalue weighted by Gasteiger charge is 2.21.